The lowest BCUT2D eigenvalue weighted by Gasteiger charge is -2.39. The Labute approximate surface area is 156 Å². The minimum absolute atomic E-state index is 0.115. The molecule has 1 aromatic rings. The molecule has 0 bridgehead atoms. The number of hydrogen-bond acceptors (Lipinski definition) is 5. The second-order valence-electron chi connectivity index (χ2n) is 8.83. The second kappa shape index (κ2) is 7.94. The van der Waals surface area contributed by atoms with Gasteiger partial charge in [0.2, 0.25) is 5.89 Å². The van der Waals surface area contributed by atoms with Crippen molar-refractivity contribution in [3.8, 4) is 0 Å². The Bertz CT molecular complexity index is 601. The van der Waals surface area contributed by atoms with Crippen molar-refractivity contribution >= 4 is 6.03 Å². The van der Waals surface area contributed by atoms with E-state index in [9.17, 15) is 4.79 Å². The lowest BCUT2D eigenvalue weighted by molar-refractivity contribution is 0.0999. The van der Waals surface area contributed by atoms with Crippen molar-refractivity contribution in [1.82, 2.24) is 19.9 Å². The molecular weight excluding hydrogens is 330 g/mol. The zero-order valence-corrected chi connectivity index (χ0v) is 16.4. The highest BCUT2D eigenvalue weighted by molar-refractivity contribution is 5.72. The summed E-state index contributed by atoms with van der Waals surface area (Å²) in [4.78, 5) is 20.7. The van der Waals surface area contributed by atoms with E-state index < -0.39 is 0 Å². The first-order chi connectivity index (χ1) is 12.3. The lowest BCUT2D eigenvalue weighted by Crippen LogP contribution is -2.49. The first kappa shape index (κ1) is 19.1. The van der Waals surface area contributed by atoms with Gasteiger partial charge < -0.3 is 15.2 Å². The Kier molecular flexibility index (Phi) is 5.85. The molecule has 0 unspecified atom stereocenters. The minimum Gasteiger partial charge on any atom is -0.351 e. The maximum absolute atomic E-state index is 11.9. The van der Waals surface area contributed by atoms with Crippen molar-refractivity contribution < 1.29 is 9.32 Å². The third-order valence-electron chi connectivity index (χ3n) is 5.73. The number of nitrogens with two attached hydrogens (primary N) is 1. The normalized spacial score (nSPS) is 23.8. The molecule has 2 fully saturated rings. The van der Waals surface area contributed by atoms with Crippen LogP contribution >= 0.6 is 0 Å². The SMILES string of the molecule is CC(C)(C)c1nc(CN2CCC([C@@H]3CCCCCN3C(N)=O)CC2)no1. The maximum Gasteiger partial charge on any atom is 0.315 e. The molecule has 7 nitrogen and oxygen atoms in total. The van der Waals surface area contributed by atoms with E-state index in [1.807, 2.05) is 4.90 Å². The summed E-state index contributed by atoms with van der Waals surface area (Å²) in [6.45, 7) is 9.79. The predicted octanol–water partition coefficient (Wildman–Crippen LogP) is 2.90. The van der Waals surface area contributed by atoms with Crippen molar-refractivity contribution in [2.45, 2.75) is 77.3 Å². The number of nitrogens with zero attached hydrogens (tertiary/aromatic N) is 4. The molecule has 2 N–H and O–H groups in total. The molecule has 0 aliphatic carbocycles. The van der Waals surface area contributed by atoms with E-state index in [1.165, 1.54) is 12.8 Å². The smallest absolute Gasteiger partial charge is 0.315 e. The Morgan fingerprint density at radius 2 is 1.88 bits per heavy atom. The minimum atomic E-state index is -0.249. The molecule has 7 heteroatoms. The predicted molar refractivity (Wildman–Crippen MR) is 99.5 cm³/mol. The fraction of sp³-hybridized carbons (Fsp3) is 0.842. The largest absolute Gasteiger partial charge is 0.351 e. The van der Waals surface area contributed by atoms with Gasteiger partial charge in [0.1, 0.15) is 0 Å². The van der Waals surface area contributed by atoms with Gasteiger partial charge in [-0.3, -0.25) is 4.90 Å². The van der Waals surface area contributed by atoms with Crippen LogP contribution < -0.4 is 5.73 Å². The molecule has 0 aromatic carbocycles. The Hall–Kier alpha value is -1.63. The summed E-state index contributed by atoms with van der Waals surface area (Å²) in [6.07, 6.45) is 6.76. The van der Waals surface area contributed by atoms with Gasteiger partial charge in [-0.2, -0.15) is 4.98 Å². The number of likely N-dealkylation sites (tertiary alicyclic amines) is 2. The standard InChI is InChI=1S/C19H33N5O2/c1-19(2,3)17-21-16(22-26-17)13-23-11-8-14(9-12-23)15-7-5-4-6-10-24(15)18(20)25/h14-15H,4-13H2,1-3H3,(H2,20,25)/t15-/m0/s1. The van der Waals surface area contributed by atoms with Gasteiger partial charge in [0.15, 0.2) is 5.82 Å². The molecule has 0 saturated carbocycles. The zero-order valence-electron chi connectivity index (χ0n) is 16.4. The average Bonchev–Trinajstić information content (AvgIpc) is 2.91. The number of carbonyl (C=O) groups excluding carboxylic acids is 1. The summed E-state index contributed by atoms with van der Waals surface area (Å²) < 4.78 is 5.40. The molecule has 2 amide bonds. The van der Waals surface area contributed by atoms with Crippen LogP contribution in [0.15, 0.2) is 4.52 Å². The number of rotatable bonds is 3. The summed E-state index contributed by atoms with van der Waals surface area (Å²) in [5.41, 5.74) is 5.54. The van der Waals surface area contributed by atoms with Gasteiger partial charge in [-0.15, -0.1) is 0 Å². The first-order valence-corrected chi connectivity index (χ1v) is 9.96. The number of piperidine rings is 1. The van der Waals surface area contributed by atoms with Gasteiger partial charge in [0.05, 0.1) is 6.54 Å². The third kappa shape index (κ3) is 4.55. The Morgan fingerprint density at radius 3 is 2.50 bits per heavy atom. The monoisotopic (exact) mass is 363 g/mol. The number of urea groups is 1. The van der Waals surface area contributed by atoms with Crippen LogP contribution in [0, 0.1) is 5.92 Å². The molecule has 1 aromatic heterocycles. The molecule has 2 aliphatic heterocycles. The van der Waals surface area contributed by atoms with Crippen LogP contribution in [0.3, 0.4) is 0 Å². The van der Waals surface area contributed by atoms with Gasteiger partial charge >= 0.3 is 6.03 Å². The summed E-state index contributed by atoms with van der Waals surface area (Å²) >= 11 is 0. The number of amides is 2. The molecule has 3 rings (SSSR count). The highest BCUT2D eigenvalue weighted by Crippen LogP contribution is 2.30. The van der Waals surface area contributed by atoms with Crippen molar-refractivity contribution in [2.24, 2.45) is 11.7 Å². The molecule has 26 heavy (non-hydrogen) atoms. The van der Waals surface area contributed by atoms with Crippen molar-refractivity contribution in [2.75, 3.05) is 19.6 Å². The van der Waals surface area contributed by atoms with E-state index >= 15 is 0 Å². The molecule has 1 atom stereocenters. The van der Waals surface area contributed by atoms with Gasteiger partial charge in [-0.05, 0) is 44.7 Å². The highest BCUT2D eigenvalue weighted by atomic mass is 16.5. The molecule has 0 spiro atoms. The molecular formula is C19H33N5O2. The summed E-state index contributed by atoms with van der Waals surface area (Å²) in [6, 6.07) is 0.0654. The van der Waals surface area contributed by atoms with Crippen LogP contribution in [0.5, 0.6) is 0 Å². The number of carbonyl (C=O) groups is 1. The topological polar surface area (TPSA) is 88.5 Å². The molecule has 2 saturated heterocycles. The van der Waals surface area contributed by atoms with Gasteiger partial charge in [-0.25, -0.2) is 4.79 Å². The van der Waals surface area contributed by atoms with Crippen molar-refractivity contribution in [3.63, 3.8) is 0 Å². The van der Waals surface area contributed by atoms with Crippen LogP contribution in [-0.2, 0) is 12.0 Å². The van der Waals surface area contributed by atoms with Gasteiger partial charge in [-0.1, -0.05) is 38.8 Å². The van der Waals surface area contributed by atoms with Gasteiger partial charge in [0, 0.05) is 18.0 Å². The quantitative estimate of drug-likeness (QED) is 0.892. The molecule has 0 radical (unpaired) electrons. The van der Waals surface area contributed by atoms with E-state index in [1.54, 1.807) is 0 Å². The Balaban J connectivity index is 1.55. The van der Waals surface area contributed by atoms with Crippen molar-refractivity contribution in [3.05, 3.63) is 11.7 Å². The van der Waals surface area contributed by atoms with E-state index in [0.29, 0.717) is 17.9 Å². The van der Waals surface area contributed by atoms with Crippen LogP contribution in [0.2, 0.25) is 0 Å². The third-order valence-corrected chi connectivity index (χ3v) is 5.73. The molecule has 2 aliphatic rings. The summed E-state index contributed by atoms with van der Waals surface area (Å²) in [5.74, 6) is 2.01. The zero-order chi connectivity index (χ0) is 18.7. The molecule has 146 valence electrons. The molecule has 3 heterocycles. The first-order valence-electron chi connectivity index (χ1n) is 9.96. The lowest BCUT2D eigenvalue weighted by atomic mass is 9.86. The van der Waals surface area contributed by atoms with E-state index in [4.69, 9.17) is 10.3 Å². The summed E-state index contributed by atoms with van der Waals surface area (Å²) in [7, 11) is 0. The van der Waals surface area contributed by atoms with Crippen LogP contribution in [0.1, 0.15) is 71.0 Å². The van der Waals surface area contributed by atoms with E-state index in [2.05, 4.69) is 35.8 Å². The fourth-order valence-corrected chi connectivity index (χ4v) is 4.22. The fourth-order valence-electron chi connectivity index (χ4n) is 4.22. The van der Waals surface area contributed by atoms with Gasteiger partial charge in [0.25, 0.3) is 0 Å². The summed E-state index contributed by atoms with van der Waals surface area (Å²) in [5, 5.41) is 4.14. The van der Waals surface area contributed by atoms with Crippen LogP contribution in [0.4, 0.5) is 4.79 Å². The number of aromatic nitrogens is 2. The highest BCUT2D eigenvalue weighted by Gasteiger charge is 2.33. The number of primary amides is 1. The van der Waals surface area contributed by atoms with Crippen molar-refractivity contribution in [1.29, 1.82) is 0 Å². The second-order valence-corrected chi connectivity index (χ2v) is 8.83. The van der Waals surface area contributed by atoms with Crippen LogP contribution in [-0.4, -0.2) is 51.6 Å². The average molecular weight is 364 g/mol. The maximum atomic E-state index is 11.9. The number of hydrogen-bond donors (Lipinski definition) is 1. The Morgan fingerprint density at radius 1 is 1.15 bits per heavy atom. The van der Waals surface area contributed by atoms with Crippen LogP contribution in [0.25, 0.3) is 0 Å². The van der Waals surface area contributed by atoms with E-state index in [-0.39, 0.29) is 11.4 Å². The van der Waals surface area contributed by atoms with E-state index in [0.717, 1.165) is 57.7 Å².